The van der Waals surface area contributed by atoms with Gasteiger partial charge in [0.25, 0.3) is 0 Å². The molecule has 0 aromatic heterocycles. The minimum Gasteiger partial charge on any atom is -0.374 e. The van der Waals surface area contributed by atoms with Crippen LogP contribution >= 0.6 is 11.6 Å². The summed E-state index contributed by atoms with van der Waals surface area (Å²) in [5.74, 6) is 0.243. The summed E-state index contributed by atoms with van der Waals surface area (Å²) in [7, 11) is 0. The fourth-order valence-corrected chi connectivity index (χ4v) is 3.72. The van der Waals surface area contributed by atoms with Crippen molar-refractivity contribution in [3.8, 4) is 0 Å². The van der Waals surface area contributed by atoms with Gasteiger partial charge in [0.1, 0.15) is 5.82 Å². The summed E-state index contributed by atoms with van der Waals surface area (Å²) in [5.41, 5.74) is 7.20. The van der Waals surface area contributed by atoms with Crippen LogP contribution < -0.4 is 5.73 Å². The van der Waals surface area contributed by atoms with Gasteiger partial charge in [-0.25, -0.2) is 4.39 Å². The summed E-state index contributed by atoms with van der Waals surface area (Å²) in [6, 6.07) is 4.73. The first-order valence-electron chi connectivity index (χ1n) is 7.80. The van der Waals surface area contributed by atoms with Crippen LogP contribution in [0, 0.1) is 11.7 Å². The third-order valence-corrected chi connectivity index (χ3v) is 4.83. The Morgan fingerprint density at radius 2 is 2.29 bits per heavy atom. The molecule has 0 amide bonds. The van der Waals surface area contributed by atoms with Crippen molar-refractivity contribution in [2.75, 3.05) is 6.61 Å². The Hall–Kier alpha value is -0.640. The van der Waals surface area contributed by atoms with Crippen molar-refractivity contribution in [3.05, 3.63) is 34.6 Å². The van der Waals surface area contributed by atoms with E-state index in [1.54, 1.807) is 12.1 Å². The summed E-state index contributed by atoms with van der Waals surface area (Å²) >= 11 is 5.86. The Kier molecular flexibility index (Phi) is 5.64. The second-order valence-corrected chi connectivity index (χ2v) is 6.67. The molecule has 1 aliphatic rings. The Bertz CT molecular complexity index is 478. The van der Waals surface area contributed by atoms with Crippen LogP contribution in [-0.4, -0.2) is 18.2 Å². The number of ether oxygens (including phenoxy) is 1. The molecule has 1 fully saturated rings. The van der Waals surface area contributed by atoms with E-state index < -0.39 is 0 Å². The van der Waals surface area contributed by atoms with E-state index in [1.165, 1.54) is 12.5 Å². The fourth-order valence-electron chi connectivity index (χ4n) is 3.51. The van der Waals surface area contributed by atoms with Gasteiger partial charge in [-0.3, -0.25) is 0 Å². The van der Waals surface area contributed by atoms with Crippen LogP contribution in [0.3, 0.4) is 0 Å². The third-order valence-electron chi connectivity index (χ3n) is 4.54. The Morgan fingerprint density at radius 3 is 2.90 bits per heavy atom. The predicted octanol–water partition coefficient (Wildman–Crippen LogP) is 4.33. The molecule has 1 aromatic carbocycles. The number of nitrogens with two attached hydrogens (primary N) is 1. The molecule has 21 heavy (non-hydrogen) atoms. The van der Waals surface area contributed by atoms with Gasteiger partial charge in [-0.2, -0.15) is 0 Å². The highest BCUT2D eigenvalue weighted by Crippen LogP contribution is 2.38. The summed E-state index contributed by atoms with van der Waals surface area (Å²) < 4.78 is 19.3. The van der Waals surface area contributed by atoms with Crippen molar-refractivity contribution in [3.63, 3.8) is 0 Å². The lowest BCUT2D eigenvalue weighted by molar-refractivity contribution is -0.0925. The molecule has 2 nitrogen and oxygen atoms in total. The molecule has 0 spiro atoms. The normalized spacial score (nSPS) is 27.6. The molecule has 0 radical (unpaired) electrons. The lowest BCUT2D eigenvalue weighted by atomic mass is 9.73. The van der Waals surface area contributed by atoms with E-state index >= 15 is 0 Å². The van der Waals surface area contributed by atoms with E-state index in [4.69, 9.17) is 22.1 Å². The molecular formula is C17H25ClFNO. The molecule has 0 heterocycles. The minimum absolute atomic E-state index is 0.0956. The van der Waals surface area contributed by atoms with Crippen LogP contribution in [0.1, 0.15) is 45.1 Å². The van der Waals surface area contributed by atoms with E-state index in [0.717, 1.165) is 24.8 Å². The molecular weight excluding hydrogens is 289 g/mol. The zero-order valence-electron chi connectivity index (χ0n) is 12.9. The Balaban J connectivity index is 2.14. The van der Waals surface area contributed by atoms with E-state index in [9.17, 15) is 4.39 Å². The quantitative estimate of drug-likeness (QED) is 0.878. The molecule has 2 rings (SSSR count). The highest BCUT2D eigenvalue weighted by atomic mass is 35.5. The first kappa shape index (κ1) is 16.7. The summed E-state index contributed by atoms with van der Waals surface area (Å²) in [6.45, 7) is 4.95. The van der Waals surface area contributed by atoms with Crippen molar-refractivity contribution in [1.82, 2.24) is 0 Å². The number of halogens is 2. The smallest absolute Gasteiger partial charge is 0.141 e. The predicted molar refractivity (Wildman–Crippen MR) is 85.1 cm³/mol. The van der Waals surface area contributed by atoms with Gasteiger partial charge in [0.05, 0.1) is 10.6 Å². The molecule has 1 saturated carbocycles. The van der Waals surface area contributed by atoms with Gasteiger partial charge in [-0.15, -0.1) is 0 Å². The van der Waals surface area contributed by atoms with Crippen LogP contribution in [0.4, 0.5) is 4.39 Å². The van der Waals surface area contributed by atoms with Crippen molar-refractivity contribution in [2.24, 2.45) is 11.7 Å². The largest absolute Gasteiger partial charge is 0.374 e. The molecule has 1 aromatic rings. The summed E-state index contributed by atoms with van der Waals surface area (Å²) in [5, 5.41) is 0.155. The number of benzene rings is 1. The monoisotopic (exact) mass is 313 g/mol. The standard InChI is InChI=1S/C17H25ClFNO/c1-3-21-17(8-4-5-12(2)11-17)16(20)10-13-6-7-15(19)14(18)9-13/h6-7,9,12,16H,3-5,8,10-11,20H2,1-2H3. The van der Waals surface area contributed by atoms with Crippen LogP contribution in [0.25, 0.3) is 0 Å². The molecule has 0 bridgehead atoms. The van der Waals surface area contributed by atoms with Crippen LogP contribution in [0.2, 0.25) is 5.02 Å². The van der Waals surface area contributed by atoms with Crippen LogP contribution in [-0.2, 0) is 11.2 Å². The zero-order valence-corrected chi connectivity index (χ0v) is 13.6. The second kappa shape index (κ2) is 7.08. The maximum Gasteiger partial charge on any atom is 0.141 e. The molecule has 3 unspecified atom stereocenters. The third kappa shape index (κ3) is 3.97. The minimum atomic E-state index is -0.389. The maximum absolute atomic E-state index is 13.3. The summed E-state index contributed by atoms with van der Waals surface area (Å²) in [6.07, 6.45) is 5.05. The van der Waals surface area contributed by atoms with Crippen molar-refractivity contribution >= 4 is 11.6 Å². The van der Waals surface area contributed by atoms with Crippen molar-refractivity contribution < 1.29 is 9.13 Å². The molecule has 0 saturated heterocycles. The van der Waals surface area contributed by atoms with Gasteiger partial charge < -0.3 is 10.5 Å². The lowest BCUT2D eigenvalue weighted by Gasteiger charge is -2.44. The Labute approximate surface area is 131 Å². The van der Waals surface area contributed by atoms with Gasteiger partial charge >= 0.3 is 0 Å². The SMILES string of the molecule is CCOC1(C(N)Cc2ccc(F)c(Cl)c2)CCCC(C)C1. The average Bonchev–Trinajstić information content (AvgIpc) is 2.43. The van der Waals surface area contributed by atoms with E-state index in [2.05, 4.69) is 6.92 Å². The molecule has 118 valence electrons. The second-order valence-electron chi connectivity index (χ2n) is 6.26. The van der Waals surface area contributed by atoms with E-state index in [-0.39, 0.29) is 22.5 Å². The number of hydrogen-bond donors (Lipinski definition) is 1. The molecule has 3 atom stereocenters. The molecule has 1 aliphatic carbocycles. The fraction of sp³-hybridized carbons (Fsp3) is 0.647. The lowest BCUT2D eigenvalue weighted by Crippen LogP contribution is -2.53. The van der Waals surface area contributed by atoms with Crippen molar-refractivity contribution in [1.29, 1.82) is 0 Å². The highest BCUT2D eigenvalue weighted by molar-refractivity contribution is 6.30. The first-order valence-corrected chi connectivity index (χ1v) is 8.18. The highest BCUT2D eigenvalue weighted by Gasteiger charge is 2.40. The van der Waals surface area contributed by atoms with Gasteiger partial charge in [0.15, 0.2) is 0 Å². The van der Waals surface area contributed by atoms with E-state index in [1.807, 2.05) is 6.92 Å². The zero-order chi connectivity index (χ0) is 15.5. The number of hydrogen-bond acceptors (Lipinski definition) is 2. The topological polar surface area (TPSA) is 35.2 Å². The number of rotatable bonds is 5. The maximum atomic E-state index is 13.3. The van der Waals surface area contributed by atoms with Gasteiger partial charge in [0.2, 0.25) is 0 Å². The molecule has 4 heteroatoms. The van der Waals surface area contributed by atoms with Crippen molar-refractivity contribution in [2.45, 2.75) is 57.6 Å². The van der Waals surface area contributed by atoms with Gasteiger partial charge in [-0.05, 0) is 49.8 Å². The molecule has 2 N–H and O–H groups in total. The van der Waals surface area contributed by atoms with Crippen LogP contribution in [0.15, 0.2) is 18.2 Å². The van der Waals surface area contributed by atoms with Crippen LogP contribution in [0.5, 0.6) is 0 Å². The average molecular weight is 314 g/mol. The Morgan fingerprint density at radius 1 is 1.52 bits per heavy atom. The van der Waals surface area contributed by atoms with E-state index in [0.29, 0.717) is 18.9 Å². The first-order chi connectivity index (χ1) is 9.97. The summed E-state index contributed by atoms with van der Waals surface area (Å²) in [4.78, 5) is 0. The molecule has 0 aliphatic heterocycles. The van der Waals surface area contributed by atoms with Gasteiger partial charge in [0, 0.05) is 12.6 Å². The van der Waals surface area contributed by atoms with Gasteiger partial charge in [-0.1, -0.05) is 37.4 Å².